The number of aromatic nitrogens is 3. The van der Waals surface area contributed by atoms with Crippen molar-refractivity contribution in [1.82, 2.24) is 14.8 Å². The molecule has 0 aliphatic carbocycles. The predicted octanol–water partition coefficient (Wildman–Crippen LogP) is 1.74. The van der Waals surface area contributed by atoms with E-state index in [2.05, 4.69) is 17.0 Å². The zero-order valence-corrected chi connectivity index (χ0v) is 12.7. The lowest BCUT2D eigenvalue weighted by molar-refractivity contribution is 0.413. The van der Waals surface area contributed by atoms with Gasteiger partial charge in [0, 0.05) is 12.8 Å². The van der Waals surface area contributed by atoms with E-state index in [-0.39, 0.29) is 5.84 Å². The highest BCUT2D eigenvalue weighted by Gasteiger charge is 2.11. The van der Waals surface area contributed by atoms with Crippen molar-refractivity contribution in [3.63, 3.8) is 0 Å². The van der Waals surface area contributed by atoms with Crippen LogP contribution < -0.4 is 10.5 Å². The number of amidine groups is 1. The molecule has 112 valence electrons. The average Bonchev–Trinajstić information content (AvgIpc) is 2.89. The third kappa shape index (κ3) is 3.21. The van der Waals surface area contributed by atoms with Crippen LogP contribution in [0.5, 0.6) is 5.75 Å². The maximum atomic E-state index is 7.63. The fourth-order valence-corrected chi connectivity index (χ4v) is 2.20. The summed E-state index contributed by atoms with van der Waals surface area (Å²) in [6, 6.07) is 5.65. The van der Waals surface area contributed by atoms with E-state index in [1.165, 1.54) is 0 Å². The Morgan fingerprint density at radius 2 is 2.10 bits per heavy atom. The number of methoxy groups -OCH3 is 1. The molecule has 6 nitrogen and oxygen atoms in total. The quantitative estimate of drug-likeness (QED) is 0.625. The number of nitrogens with one attached hydrogen (secondary N) is 1. The van der Waals surface area contributed by atoms with Crippen LogP contribution in [0.1, 0.15) is 36.6 Å². The van der Waals surface area contributed by atoms with Crippen LogP contribution in [-0.2, 0) is 19.4 Å². The molecule has 0 fully saturated rings. The third-order valence-electron chi connectivity index (χ3n) is 3.31. The zero-order chi connectivity index (χ0) is 15.4. The zero-order valence-electron chi connectivity index (χ0n) is 12.7. The number of rotatable bonds is 6. The van der Waals surface area contributed by atoms with Gasteiger partial charge in [-0.1, -0.05) is 19.9 Å². The van der Waals surface area contributed by atoms with E-state index in [9.17, 15) is 0 Å². The fraction of sp³-hybridized carbons (Fsp3) is 0.400. The second-order valence-electron chi connectivity index (χ2n) is 4.76. The number of ether oxygens (including phenoxy) is 1. The van der Waals surface area contributed by atoms with Crippen molar-refractivity contribution in [2.75, 3.05) is 7.11 Å². The lowest BCUT2D eigenvalue weighted by atomic mass is 10.1. The number of aryl methyl sites for hydroxylation is 2. The molecule has 1 heterocycles. The summed E-state index contributed by atoms with van der Waals surface area (Å²) in [5, 5.41) is 12.1. The summed E-state index contributed by atoms with van der Waals surface area (Å²) in [7, 11) is 1.57. The van der Waals surface area contributed by atoms with Crippen LogP contribution in [0.15, 0.2) is 18.2 Å². The van der Waals surface area contributed by atoms with Gasteiger partial charge < -0.3 is 10.5 Å². The summed E-state index contributed by atoms with van der Waals surface area (Å²) in [6.07, 6.45) is 1.66. The van der Waals surface area contributed by atoms with Crippen LogP contribution in [0.4, 0.5) is 0 Å². The van der Waals surface area contributed by atoms with Crippen molar-refractivity contribution in [1.29, 1.82) is 5.41 Å². The monoisotopic (exact) mass is 287 g/mol. The number of nitrogens with two attached hydrogens (primary N) is 1. The Morgan fingerprint density at radius 1 is 1.33 bits per heavy atom. The van der Waals surface area contributed by atoms with Gasteiger partial charge in [-0.3, -0.25) is 5.41 Å². The first-order chi connectivity index (χ1) is 10.1. The van der Waals surface area contributed by atoms with E-state index >= 15 is 0 Å². The van der Waals surface area contributed by atoms with Crippen molar-refractivity contribution in [2.24, 2.45) is 5.73 Å². The largest absolute Gasteiger partial charge is 0.496 e. The average molecular weight is 287 g/mol. The molecule has 0 saturated carbocycles. The summed E-state index contributed by atoms with van der Waals surface area (Å²) < 4.78 is 7.13. The van der Waals surface area contributed by atoms with E-state index in [1.54, 1.807) is 7.11 Å². The van der Waals surface area contributed by atoms with Gasteiger partial charge in [0.05, 0.1) is 19.2 Å². The van der Waals surface area contributed by atoms with Gasteiger partial charge in [-0.2, -0.15) is 5.10 Å². The van der Waals surface area contributed by atoms with E-state index in [4.69, 9.17) is 15.9 Å². The summed E-state index contributed by atoms with van der Waals surface area (Å²) in [6.45, 7) is 4.72. The number of nitrogens with zero attached hydrogens (tertiary/aromatic N) is 3. The molecule has 0 bridgehead atoms. The summed E-state index contributed by atoms with van der Waals surface area (Å²) in [4.78, 5) is 4.49. The van der Waals surface area contributed by atoms with Crippen molar-refractivity contribution < 1.29 is 4.74 Å². The van der Waals surface area contributed by atoms with Crippen LogP contribution in [0.3, 0.4) is 0 Å². The smallest absolute Gasteiger partial charge is 0.150 e. The van der Waals surface area contributed by atoms with Crippen LogP contribution in [0, 0.1) is 5.41 Å². The van der Waals surface area contributed by atoms with E-state index in [1.807, 2.05) is 29.8 Å². The molecule has 6 heteroatoms. The van der Waals surface area contributed by atoms with Crippen molar-refractivity contribution in [2.45, 2.75) is 33.2 Å². The van der Waals surface area contributed by atoms with Crippen molar-refractivity contribution in [3.8, 4) is 5.75 Å². The van der Waals surface area contributed by atoms with Crippen LogP contribution in [0.2, 0.25) is 0 Å². The molecule has 1 aromatic heterocycles. The van der Waals surface area contributed by atoms with Gasteiger partial charge in [0.2, 0.25) is 0 Å². The first kappa shape index (κ1) is 15.0. The number of hydrogen-bond acceptors (Lipinski definition) is 4. The minimum atomic E-state index is -0.00254. The molecule has 0 aliphatic rings. The molecule has 0 unspecified atom stereocenters. The molecule has 0 atom stereocenters. The Labute approximate surface area is 124 Å². The van der Waals surface area contributed by atoms with E-state index in [0.29, 0.717) is 17.9 Å². The lowest BCUT2D eigenvalue weighted by Gasteiger charge is -2.10. The Morgan fingerprint density at radius 3 is 2.67 bits per heavy atom. The Hall–Kier alpha value is -2.37. The van der Waals surface area contributed by atoms with Gasteiger partial charge in [0.15, 0.2) is 5.82 Å². The van der Waals surface area contributed by atoms with Crippen LogP contribution in [-0.4, -0.2) is 27.7 Å². The fourth-order valence-electron chi connectivity index (χ4n) is 2.20. The molecule has 2 aromatic rings. The minimum Gasteiger partial charge on any atom is -0.496 e. The molecule has 3 N–H and O–H groups in total. The summed E-state index contributed by atoms with van der Waals surface area (Å²) in [5.74, 6) is 2.42. The SMILES string of the molecule is CCc1nc(CC)n(Cc2ccc(OC)c(C(=N)N)c2)n1. The summed E-state index contributed by atoms with van der Waals surface area (Å²) >= 11 is 0. The van der Waals surface area contributed by atoms with Gasteiger partial charge >= 0.3 is 0 Å². The second kappa shape index (κ2) is 6.39. The van der Waals surface area contributed by atoms with Gasteiger partial charge in [0.25, 0.3) is 0 Å². The molecule has 2 rings (SSSR count). The van der Waals surface area contributed by atoms with Gasteiger partial charge in [-0.15, -0.1) is 0 Å². The van der Waals surface area contributed by atoms with E-state index < -0.39 is 0 Å². The van der Waals surface area contributed by atoms with Crippen LogP contribution >= 0.6 is 0 Å². The predicted molar refractivity (Wildman–Crippen MR) is 81.9 cm³/mol. The molecular formula is C15H21N5O. The molecule has 1 aromatic carbocycles. The van der Waals surface area contributed by atoms with E-state index in [0.717, 1.165) is 30.1 Å². The maximum Gasteiger partial charge on any atom is 0.150 e. The highest BCUT2D eigenvalue weighted by molar-refractivity contribution is 5.97. The number of hydrogen-bond donors (Lipinski definition) is 2. The Bertz CT molecular complexity index is 648. The molecule has 21 heavy (non-hydrogen) atoms. The highest BCUT2D eigenvalue weighted by Crippen LogP contribution is 2.20. The van der Waals surface area contributed by atoms with Gasteiger partial charge in [-0.25, -0.2) is 9.67 Å². The van der Waals surface area contributed by atoms with Gasteiger partial charge in [-0.05, 0) is 17.7 Å². The molecule has 0 spiro atoms. The Kier molecular flexibility index (Phi) is 4.57. The molecular weight excluding hydrogens is 266 g/mol. The maximum absolute atomic E-state index is 7.63. The third-order valence-corrected chi connectivity index (χ3v) is 3.31. The topological polar surface area (TPSA) is 89.8 Å². The second-order valence-corrected chi connectivity index (χ2v) is 4.76. The molecule has 0 saturated heterocycles. The molecule has 0 amide bonds. The standard InChI is InChI=1S/C15H21N5O/c1-4-13-18-14(5-2)20(19-13)9-10-6-7-12(21-3)11(8-10)15(16)17/h6-8H,4-5,9H2,1-3H3,(H3,16,17). The van der Waals surface area contributed by atoms with Crippen molar-refractivity contribution >= 4 is 5.84 Å². The number of benzene rings is 1. The van der Waals surface area contributed by atoms with Crippen molar-refractivity contribution in [3.05, 3.63) is 41.0 Å². The van der Waals surface area contributed by atoms with Crippen LogP contribution in [0.25, 0.3) is 0 Å². The normalized spacial score (nSPS) is 10.6. The number of nitrogen functional groups attached to an aromatic ring is 1. The summed E-state index contributed by atoms with van der Waals surface area (Å²) in [5.41, 5.74) is 7.22. The van der Waals surface area contributed by atoms with Gasteiger partial charge in [0.1, 0.15) is 17.4 Å². The highest BCUT2D eigenvalue weighted by atomic mass is 16.5. The Balaban J connectivity index is 2.33. The first-order valence-electron chi connectivity index (χ1n) is 7.02. The minimum absolute atomic E-state index is 0.00254. The lowest BCUT2D eigenvalue weighted by Crippen LogP contribution is -2.14. The molecule has 0 radical (unpaired) electrons. The first-order valence-corrected chi connectivity index (χ1v) is 7.02. The molecule has 0 aliphatic heterocycles.